The third-order valence-corrected chi connectivity index (χ3v) is 3.94. The van der Waals surface area contributed by atoms with Gasteiger partial charge < -0.3 is 10.2 Å². The summed E-state index contributed by atoms with van der Waals surface area (Å²) >= 11 is 1.77. The van der Waals surface area contributed by atoms with Crippen molar-refractivity contribution in [2.75, 3.05) is 25.0 Å². The lowest BCUT2D eigenvalue weighted by Crippen LogP contribution is -2.27. The van der Waals surface area contributed by atoms with Gasteiger partial charge in [0, 0.05) is 23.7 Å². The Morgan fingerprint density at radius 1 is 1.44 bits per heavy atom. The molecular formula is C13H22N2S. The van der Waals surface area contributed by atoms with Gasteiger partial charge in [-0.05, 0) is 50.2 Å². The fourth-order valence-corrected chi connectivity index (χ4v) is 3.02. The van der Waals surface area contributed by atoms with Crippen LogP contribution in [0.1, 0.15) is 32.6 Å². The molecule has 1 aromatic rings. The molecule has 2 heterocycles. The van der Waals surface area contributed by atoms with Crippen LogP contribution in [0.3, 0.4) is 0 Å². The molecule has 1 saturated heterocycles. The SMILES string of the molecule is CCCN1CCCC(Nc2ccsc2)CC1. The maximum atomic E-state index is 3.65. The molecule has 0 bridgehead atoms. The quantitative estimate of drug-likeness (QED) is 0.864. The molecule has 0 aromatic carbocycles. The van der Waals surface area contributed by atoms with Crippen LogP contribution in [0.25, 0.3) is 0 Å². The second kappa shape index (κ2) is 6.26. The van der Waals surface area contributed by atoms with Crippen LogP contribution in [0.4, 0.5) is 5.69 Å². The van der Waals surface area contributed by atoms with Crippen molar-refractivity contribution < 1.29 is 0 Å². The van der Waals surface area contributed by atoms with E-state index in [4.69, 9.17) is 0 Å². The van der Waals surface area contributed by atoms with Gasteiger partial charge in [-0.25, -0.2) is 0 Å². The standard InChI is InChI=1S/C13H22N2S/c1-2-7-15-8-3-4-12(5-9-15)14-13-6-10-16-11-13/h6,10-12,14H,2-5,7-9H2,1H3. The molecule has 1 N–H and O–H groups in total. The van der Waals surface area contributed by atoms with Crippen LogP contribution in [-0.2, 0) is 0 Å². The van der Waals surface area contributed by atoms with Gasteiger partial charge in [0.2, 0.25) is 0 Å². The first kappa shape index (κ1) is 11.9. The number of anilines is 1. The Morgan fingerprint density at radius 2 is 2.38 bits per heavy atom. The van der Waals surface area contributed by atoms with E-state index in [9.17, 15) is 0 Å². The van der Waals surface area contributed by atoms with Crippen molar-refractivity contribution in [1.82, 2.24) is 4.90 Å². The van der Waals surface area contributed by atoms with Crippen molar-refractivity contribution in [3.05, 3.63) is 16.8 Å². The number of thiophene rings is 1. The van der Waals surface area contributed by atoms with Crippen molar-refractivity contribution in [2.24, 2.45) is 0 Å². The topological polar surface area (TPSA) is 15.3 Å². The lowest BCUT2D eigenvalue weighted by Gasteiger charge is -2.19. The number of nitrogens with one attached hydrogen (secondary N) is 1. The van der Waals surface area contributed by atoms with Gasteiger partial charge in [-0.3, -0.25) is 0 Å². The van der Waals surface area contributed by atoms with E-state index < -0.39 is 0 Å². The summed E-state index contributed by atoms with van der Waals surface area (Å²) in [5.74, 6) is 0. The van der Waals surface area contributed by atoms with Crippen LogP contribution < -0.4 is 5.32 Å². The van der Waals surface area contributed by atoms with Gasteiger partial charge in [0.05, 0.1) is 0 Å². The predicted molar refractivity (Wildman–Crippen MR) is 72.3 cm³/mol. The Balaban J connectivity index is 1.80. The molecule has 0 saturated carbocycles. The van der Waals surface area contributed by atoms with E-state index >= 15 is 0 Å². The van der Waals surface area contributed by atoms with E-state index in [1.54, 1.807) is 11.3 Å². The van der Waals surface area contributed by atoms with Crippen LogP contribution in [-0.4, -0.2) is 30.6 Å². The zero-order valence-electron chi connectivity index (χ0n) is 10.1. The van der Waals surface area contributed by atoms with Crippen molar-refractivity contribution in [1.29, 1.82) is 0 Å². The third kappa shape index (κ3) is 3.49. The minimum Gasteiger partial charge on any atom is -0.382 e. The lowest BCUT2D eigenvalue weighted by molar-refractivity contribution is 0.285. The monoisotopic (exact) mass is 238 g/mol. The molecule has 1 aliphatic heterocycles. The van der Waals surface area contributed by atoms with Gasteiger partial charge in [-0.15, -0.1) is 0 Å². The fourth-order valence-electron chi connectivity index (χ4n) is 2.42. The van der Waals surface area contributed by atoms with Crippen LogP contribution in [0.15, 0.2) is 16.8 Å². The van der Waals surface area contributed by atoms with Crippen molar-refractivity contribution in [3.8, 4) is 0 Å². The van der Waals surface area contributed by atoms with E-state index in [1.807, 2.05) is 0 Å². The molecule has 0 aliphatic carbocycles. The van der Waals surface area contributed by atoms with E-state index in [1.165, 1.54) is 51.0 Å². The number of hydrogen-bond donors (Lipinski definition) is 1. The van der Waals surface area contributed by atoms with E-state index in [0.29, 0.717) is 6.04 Å². The highest BCUT2D eigenvalue weighted by molar-refractivity contribution is 7.08. The van der Waals surface area contributed by atoms with Gasteiger partial charge in [0.25, 0.3) is 0 Å². The molecule has 1 aliphatic rings. The van der Waals surface area contributed by atoms with Crippen LogP contribution in [0.2, 0.25) is 0 Å². The molecule has 2 nitrogen and oxygen atoms in total. The molecular weight excluding hydrogens is 216 g/mol. The molecule has 1 atom stereocenters. The van der Waals surface area contributed by atoms with Crippen LogP contribution in [0.5, 0.6) is 0 Å². The lowest BCUT2D eigenvalue weighted by atomic mass is 10.1. The molecule has 0 amide bonds. The summed E-state index contributed by atoms with van der Waals surface area (Å²) < 4.78 is 0. The minimum absolute atomic E-state index is 0.677. The van der Waals surface area contributed by atoms with Crippen LogP contribution >= 0.6 is 11.3 Å². The van der Waals surface area contributed by atoms with Crippen molar-refractivity contribution in [2.45, 2.75) is 38.6 Å². The highest BCUT2D eigenvalue weighted by Gasteiger charge is 2.16. The summed E-state index contributed by atoms with van der Waals surface area (Å²) in [7, 11) is 0. The molecule has 2 rings (SSSR count). The van der Waals surface area contributed by atoms with E-state index in [2.05, 4.69) is 34.0 Å². The molecule has 0 radical (unpaired) electrons. The zero-order valence-corrected chi connectivity index (χ0v) is 10.9. The Morgan fingerprint density at radius 3 is 3.12 bits per heavy atom. The van der Waals surface area contributed by atoms with E-state index in [0.717, 1.165) is 0 Å². The first-order valence-electron chi connectivity index (χ1n) is 6.39. The van der Waals surface area contributed by atoms with E-state index in [-0.39, 0.29) is 0 Å². The van der Waals surface area contributed by atoms with Gasteiger partial charge in [0.15, 0.2) is 0 Å². The van der Waals surface area contributed by atoms with Gasteiger partial charge in [0.1, 0.15) is 0 Å². The fraction of sp³-hybridized carbons (Fsp3) is 0.692. The summed E-state index contributed by atoms with van der Waals surface area (Å²) in [5.41, 5.74) is 1.30. The molecule has 16 heavy (non-hydrogen) atoms. The average Bonchev–Trinajstić information content (AvgIpc) is 2.68. The smallest absolute Gasteiger partial charge is 0.0450 e. The molecule has 3 heteroatoms. The van der Waals surface area contributed by atoms with Crippen molar-refractivity contribution in [3.63, 3.8) is 0 Å². The number of rotatable bonds is 4. The third-order valence-electron chi connectivity index (χ3n) is 3.25. The predicted octanol–water partition coefficient (Wildman–Crippen LogP) is 3.42. The highest BCUT2D eigenvalue weighted by Crippen LogP contribution is 2.18. The summed E-state index contributed by atoms with van der Waals surface area (Å²) in [6.07, 6.45) is 5.22. The summed E-state index contributed by atoms with van der Waals surface area (Å²) in [6.45, 7) is 6.09. The largest absolute Gasteiger partial charge is 0.382 e. The normalized spacial score (nSPS) is 22.9. The van der Waals surface area contributed by atoms with Gasteiger partial charge >= 0.3 is 0 Å². The second-order valence-electron chi connectivity index (χ2n) is 4.63. The Labute approximate surface area is 103 Å². The summed E-state index contributed by atoms with van der Waals surface area (Å²) in [6, 6.07) is 2.86. The molecule has 1 fully saturated rings. The van der Waals surface area contributed by atoms with Crippen molar-refractivity contribution >= 4 is 17.0 Å². The average molecular weight is 238 g/mol. The number of nitrogens with zero attached hydrogens (tertiary/aromatic N) is 1. The number of likely N-dealkylation sites (tertiary alicyclic amines) is 1. The van der Waals surface area contributed by atoms with Gasteiger partial charge in [-0.1, -0.05) is 6.92 Å². The first-order chi connectivity index (χ1) is 7.88. The maximum absolute atomic E-state index is 3.65. The first-order valence-corrected chi connectivity index (χ1v) is 7.34. The summed E-state index contributed by atoms with van der Waals surface area (Å²) in [5, 5.41) is 7.99. The minimum atomic E-state index is 0.677. The molecule has 90 valence electrons. The number of hydrogen-bond acceptors (Lipinski definition) is 3. The van der Waals surface area contributed by atoms with Gasteiger partial charge in [-0.2, -0.15) is 11.3 Å². The molecule has 1 aromatic heterocycles. The Kier molecular flexibility index (Phi) is 4.67. The van der Waals surface area contributed by atoms with Crippen LogP contribution in [0, 0.1) is 0 Å². The Hall–Kier alpha value is -0.540. The Bertz CT molecular complexity index is 284. The molecule has 1 unspecified atom stereocenters. The highest BCUT2D eigenvalue weighted by atomic mass is 32.1. The second-order valence-corrected chi connectivity index (χ2v) is 5.41. The summed E-state index contributed by atoms with van der Waals surface area (Å²) in [4.78, 5) is 2.61. The zero-order chi connectivity index (χ0) is 11.2. The maximum Gasteiger partial charge on any atom is 0.0450 e. The molecule has 0 spiro atoms.